The summed E-state index contributed by atoms with van der Waals surface area (Å²) >= 11 is 1.66. The van der Waals surface area contributed by atoms with Crippen molar-refractivity contribution in [1.29, 1.82) is 0 Å². The van der Waals surface area contributed by atoms with Crippen molar-refractivity contribution < 1.29 is 18.8 Å². The van der Waals surface area contributed by atoms with Gasteiger partial charge in [0.2, 0.25) is 11.6 Å². The predicted octanol–water partition coefficient (Wildman–Crippen LogP) is 4.47. The molecule has 0 radical (unpaired) electrons. The zero-order chi connectivity index (χ0) is 24.7. The lowest BCUT2D eigenvalue weighted by atomic mass is 10.1. The minimum Gasteiger partial charge on any atom is -0.465 e. The summed E-state index contributed by atoms with van der Waals surface area (Å²) in [6.45, 7) is 0. The minimum absolute atomic E-state index is 0.212. The van der Waals surface area contributed by atoms with Crippen LogP contribution in [0.1, 0.15) is 11.5 Å². The van der Waals surface area contributed by atoms with Gasteiger partial charge in [0.15, 0.2) is 0 Å². The average molecular weight is 481 g/mol. The van der Waals surface area contributed by atoms with Crippen molar-refractivity contribution in [2.45, 2.75) is 4.90 Å². The number of para-hydroxylation sites is 1. The fourth-order valence-electron chi connectivity index (χ4n) is 3.04. The zero-order valence-corrected chi connectivity index (χ0v) is 20.9. The molecule has 0 saturated heterocycles. The molecular formula is C25H28N4O4S. The summed E-state index contributed by atoms with van der Waals surface area (Å²) in [6.07, 6.45) is 5.44. The molecule has 0 aliphatic heterocycles. The van der Waals surface area contributed by atoms with E-state index in [4.69, 9.17) is 14.0 Å². The number of carbonyl (C=O) groups excluding carboxylic acids is 1. The van der Waals surface area contributed by atoms with E-state index in [1.165, 1.54) is 7.11 Å². The van der Waals surface area contributed by atoms with E-state index in [-0.39, 0.29) is 5.89 Å². The Hall–Kier alpha value is -3.72. The maximum absolute atomic E-state index is 12.5. The highest BCUT2D eigenvalue weighted by molar-refractivity contribution is 7.98. The highest BCUT2D eigenvalue weighted by Crippen LogP contribution is 2.31. The summed E-state index contributed by atoms with van der Waals surface area (Å²) in [7, 11) is 8.72. The van der Waals surface area contributed by atoms with Crippen molar-refractivity contribution in [2.75, 3.05) is 41.6 Å². The van der Waals surface area contributed by atoms with E-state index in [9.17, 15) is 4.79 Å². The molecule has 0 N–H and O–H groups in total. The van der Waals surface area contributed by atoms with Crippen LogP contribution in [0, 0.1) is 0 Å². The molecule has 3 aromatic rings. The van der Waals surface area contributed by atoms with Crippen LogP contribution in [0.15, 0.2) is 70.3 Å². The van der Waals surface area contributed by atoms with Crippen LogP contribution in [0.25, 0.3) is 22.7 Å². The summed E-state index contributed by atoms with van der Waals surface area (Å²) < 4.78 is 16.8. The fraction of sp³-hybridized carbons (Fsp3) is 0.240. The number of esters is 1. The second kappa shape index (κ2) is 11.4. The lowest BCUT2D eigenvalue weighted by Crippen LogP contribution is -2.12. The highest BCUT2D eigenvalue weighted by atomic mass is 32.2. The molecule has 2 aromatic carbocycles. The van der Waals surface area contributed by atoms with Gasteiger partial charge in [-0.1, -0.05) is 23.4 Å². The smallest absolute Gasteiger partial charge is 0.340 e. The zero-order valence-electron chi connectivity index (χ0n) is 20.1. The first-order chi connectivity index (χ1) is 16.3. The maximum Gasteiger partial charge on any atom is 0.340 e. The summed E-state index contributed by atoms with van der Waals surface area (Å²) in [5, 5.41) is 4.13. The van der Waals surface area contributed by atoms with E-state index in [0.29, 0.717) is 28.5 Å². The normalized spacial score (nSPS) is 11.8. The van der Waals surface area contributed by atoms with Gasteiger partial charge in [0.1, 0.15) is 5.75 Å². The Morgan fingerprint density at radius 1 is 1.00 bits per heavy atom. The van der Waals surface area contributed by atoms with Gasteiger partial charge in [-0.3, -0.25) is 0 Å². The maximum atomic E-state index is 12.5. The van der Waals surface area contributed by atoms with E-state index < -0.39 is 5.97 Å². The van der Waals surface area contributed by atoms with Crippen molar-refractivity contribution in [2.24, 2.45) is 0 Å². The van der Waals surface area contributed by atoms with Crippen molar-refractivity contribution in [3.8, 4) is 17.1 Å². The molecule has 0 saturated carbocycles. The van der Waals surface area contributed by atoms with E-state index in [2.05, 4.69) is 10.1 Å². The van der Waals surface area contributed by atoms with Crippen LogP contribution in [0.2, 0.25) is 0 Å². The van der Waals surface area contributed by atoms with Gasteiger partial charge in [0, 0.05) is 56.6 Å². The first kappa shape index (κ1) is 24.9. The molecule has 34 heavy (non-hydrogen) atoms. The SMILES string of the molecule is COC(=O)/C(=C/N(C)C)c1ccccc1O/C(=C\N(C)C)c1nc(-c2ccc(SC)cc2)no1. The Morgan fingerprint density at radius 3 is 2.29 bits per heavy atom. The molecule has 0 bridgehead atoms. The fourth-order valence-corrected chi connectivity index (χ4v) is 3.45. The molecule has 0 atom stereocenters. The Morgan fingerprint density at radius 2 is 1.68 bits per heavy atom. The van der Waals surface area contributed by atoms with Crippen LogP contribution in [-0.2, 0) is 9.53 Å². The van der Waals surface area contributed by atoms with Crippen LogP contribution >= 0.6 is 11.8 Å². The molecule has 8 nitrogen and oxygen atoms in total. The number of methoxy groups -OCH3 is 1. The quantitative estimate of drug-likeness (QED) is 0.191. The first-order valence-corrected chi connectivity index (χ1v) is 11.7. The van der Waals surface area contributed by atoms with Gasteiger partial charge >= 0.3 is 5.97 Å². The van der Waals surface area contributed by atoms with Gasteiger partial charge in [0.05, 0.1) is 12.7 Å². The van der Waals surface area contributed by atoms with Gasteiger partial charge in [-0.15, -0.1) is 11.8 Å². The molecule has 9 heteroatoms. The van der Waals surface area contributed by atoms with Gasteiger partial charge in [-0.25, -0.2) is 4.79 Å². The summed E-state index contributed by atoms with van der Waals surface area (Å²) in [5.41, 5.74) is 1.76. The Bertz CT molecular complexity index is 1180. The third-order valence-corrected chi connectivity index (χ3v) is 5.29. The Balaban J connectivity index is 1.99. The second-order valence-electron chi connectivity index (χ2n) is 7.70. The van der Waals surface area contributed by atoms with Crippen LogP contribution in [0.3, 0.4) is 0 Å². The Kier molecular flexibility index (Phi) is 8.37. The average Bonchev–Trinajstić information content (AvgIpc) is 3.32. The third kappa shape index (κ3) is 6.20. The van der Waals surface area contributed by atoms with Crippen molar-refractivity contribution in [3.63, 3.8) is 0 Å². The third-order valence-electron chi connectivity index (χ3n) is 4.55. The van der Waals surface area contributed by atoms with Crippen molar-refractivity contribution in [3.05, 3.63) is 72.4 Å². The number of aromatic nitrogens is 2. The molecule has 1 aromatic heterocycles. The highest BCUT2D eigenvalue weighted by Gasteiger charge is 2.21. The first-order valence-electron chi connectivity index (χ1n) is 10.4. The lowest BCUT2D eigenvalue weighted by Gasteiger charge is -2.16. The molecular weight excluding hydrogens is 452 g/mol. The predicted molar refractivity (Wildman–Crippen MR) is 134 cm³/mol. The molecule has 0 unspecified atom stereocenters. The number of rotatable bonds is 9. The van der Waals surface area contributed by atoms with Crippen LogP contribution in [0.4, 0.5) is 0 Å². The number of benzene rings is 2. The molecule has 1 heterocycles. The molecule has 178 valence electrons. The molecule has 0 fully saturated rings. The molecule has 0 aliphatic rings. The van der Waals surface area contributed by atoms with E-state index in [1.54, 1.807) is 41.2 Å². The largest absolute Gasteiger partial charge is 0.465 e. The second-order valence-corrected chi connectivity index (χ2v) is 8.58. The summed E-state index contributed by atoms with van der Waals surface area (Å²) in [6, 6.07) is 15.1. The number of thioether (sulfide) groups is 1. The number of nitrogens with zero attached hydrogens (tertiary/aromatic N) is 4. The van der Waals surface area contributed by atoms with Crippen molar-refractivity contribution >= 4 is 29.1 Å². The Labute approximate surface area is 203 Å². The van der Waals surface area contributed by atoms with Gasteiger partial charge in [-0.05, 0) is 36.6 Å². The molecule has 0 aliphatic carbocycles. The number of ether oxygens (including phenoxy) is 2. The lowest BCUT2D eigenvalue weighted by molar-refractivity contribution is -0.133. The van der Waals surface area contributed by atoms with Gasteiger partial charge < -0.3 is 23.8 Å². The summed E-state index contributed by atoms with van der Waals surface area (Å²) in [4.78, 5) is 21.8. The number of hydrogen-bond acceptors (Lipinski definition) is 9. The van der Waals surface area contributed by atoms with Gasteiger partial charge in [-0.2, -0.15) is 4.98 Å². The van der Waals surface area contributed by atoms with Crippen LogP contribution in [-0.4, -0.2) is 67.5 Å². The topological polar surface area (TPSA) is 80.9 Å². The van der Waals surface area contributed by atoms with Crippen molar-refractivity contribution in [1.82, 2.24) is 19.9 Å². The minimum atomic E-state index is -0.475. The molecule has 3 rings (SSSR count). The standard InChI is InChI=1S/C25H28N4O4S/c1-28(2)15-20(25(30)31-5)19-9-7-8-10-21(19)32-22(16-29(3)4)24-26-23(27-33-24)17-11-13-18(34-6)14-12-17/h7-16H,1-6H3/b20-15+,22-16-. The molecule has 0 amide bonds. The summed E-state index contributed by atoms with van der Waals surface area (Å²) in [5.74, 6) is 0.969. The van der Waals surface area contributed by atoms with Crippen LogP contribution < -0.4 is 4.74 Å². The number of hydrogen-bond donors (Lipinski definition) is 0. The van der Waals surface area contributed by atoms with E-state index >= 15 is 0 Å². The monoisotopic (exact) mass is 480 g/mol. The van der Waals surface area contributed by atoms with Crippen LogP contribution in [0.5, 0.6) is 5.75 Å². The van der Waals surface area contributed by atoms with E-state index in [0.717, 1.165) is 10.5 Å². The molecule has 0 spiro atoms. The van der Waals surface area contributed by atoms with Gasteiger partial charge in [0.25, 0.3) is 5.89 Å². The van der Waals surface area contributed by atoms with E-state index in [1.807, 2.05) is 75.7 Å². The number of carbonyl (C=O) groups is 1.